The lowest BCUT2D eigenvalue weighted by Gasteiger charge is -2.36. The van der Waals surface area contributed by atoms with Crippen molar-refractivity contribution in [1.29, 1.82) is 0 Å². The number of methoxy groups -OCH3 is 1. The second-order valence-corrected chi connectivity index (χ2v) is 11.0. The van der Waals surface area contributed by atoms with Crippen LogP contribution in [0.3, 0.4) is 0 Å². The minimum Gasteiger partial charge on any atom is -0.495 e. The molecule has 1 fully saturated rings. The second-order valence-electron chi connectivity index (χ2n) is 9.95. The normalized spacial score (nSPS) is 13.9. The number of anilines is 1. The molecule has 0 saturated carbocycles. The lowest BCUT2D eigenvalue weighted by molar-refractivity contribution is -0.137. The summed E-state index contributed by atoms with van der Waals surface area (Å²) in [5, 5.41) is 0.646. The first-order valence-electron chi connectivity index (χ1n) is 13.7. The number of rotatable bonds is 9. The summed E-state index contributed by atoms with van der Waals surface area (Å²) < 4.78 is 46.9. The zero-order valence-electron chi connectivity index (χ0n) is 23.1. The van der Waals surface area contributed by atoms with Crippen LogP contribution in [-0.2, 0) is 11.0 Å². The van der Waals surface area contributed by atoms with Crippen molar-refractivity contribution in [2.24, 2.45) is 0 Å². The fourth-order valence-corrected chi connectivity index (χ4v) is 6.06. The van der Waals surface area contributed by atoms with Crippen molar-refractivity contribution >= 4 is 34.3 Å². The van der Waals surface area contributed by atoms with Gasteiger partial charge in [0.2, 0.25) is 5.91 Å². The van der Waals surface area contributed by atoms with Crippen LogP contribution in [0.5, 0.6) is 5.75 Å². The third-order valence-electron chi connectivity index (χ3n) is 7.25. The number of aromatic nitrogens is 2. The third kappa shape index (κ3) is 6.56. The number of alkyl halides is 3. The molecule has 7 nitrogen and oxygen atoms in total. The van der Waals surface area contributed by atoms with E-state index in [1.54, 1.807) is 31.4 Å². The van der Waals surface area contributed by atoms with Crippen LogP contribution in [0.1, 0.15) is 24.8 Å². The number of amides is 1. The maximum atomic E-state index is 13.4. The Bertz CT molecular complexity index is 1620. The van der Waals surface area contributed by atoms with E-state index in [1.807, 2.05) is 29.2 Å². The zero-order valence-corrected chi connectivity index (χ0v) is 24.0. The zero-order chi connectivity index (χ0) is 29.7. The first-order chi connectivity index (χ1) is 20.3. The van der Waals surface area contributed by atoms with E-state index < -0.39 is 17.3 Å². The van der Waals surface area contributed by atoms with Crippen molar-refractivity contribution in [2.45, 2.75) is 30.6 Å². The van der Waals surface area contributed by atoms with Gasteiger partial charge in [-0.15, -0.1) is 0 Å². The number of thioether (sulfide) groups is 1. The second kappa shape index (κ2) is 12.9. The van der Waals surface area contributed by atoms with Crippen molar-refractivity contribution in [3.05, 3.63) is 88.7 Å². The summed E-state index contributed by atoms with van der Waals surface area (Å²) >= 11 is 1.30. The molecule has 0 atom stereocenters. The summed E-state index contributed by atoms with van der Waals surface area (Å²) in [6.45, 7) is 2.72. The molecule has 1 amide bonds. The molecule has 0 aliphatic carbocycles. The van der Waals surface area contributed by atoms with Crippen LogP contribution in [0.4, 0.5) is 18.9 Å². The molecule has 0 radical (unpaired) electrons. The minimum atomic E-state index is -4.54. The first kappa shape index (κ1) is 29.5. The molecule has 0 bridgehead atoms. The maximum absolute atomic E-state index is 13.4. The number of ether oxygens (including phenoxy) is 1. The Morgan fingerprint density at radius 1 is 0.952 bits per heavy atom. The van der Waals surface area contributed by atoms with Gasteiger partial charge in [-0.1, -0.05) is 42.1 Å². The van der Waals surface area contributed by atoms with E-state index in [0.717, 1.165) is 36.7 Å². The molecule has 11 heteroatoms. The molecule has 1 aliphatic heterocycles. The van der Waals surface area contributed by atoms with E-state index in [1.165, 1.54) is 28.5 Å². The monoisotopic (exact) mass is 596 g/mol. The average Bonchev–Trinajstić information content (AvgIpc) is 3.00. The van der Waals surface area contributed by atoms with Crippen LogP contribution >= 0.6 is 11.8 Å². The number of benzene rings is 3. The quantitative estimate of drug-likeness (QED) is 0.134. The van der Waals surface area contributed by atoms with Gasteiger partial charge in [0, 0.05) is 38.4 Å². The van der Waals surface area contributed by atoms with Gasteiger partial charge in [0.15, 0.2) is 5.16 Å². The molecule has 220 valence electrons. The first-order valence-corrected chi connectivity index (χ1v) is 14.7. The number of para-hydroxylation sites is 3. The van der Waals surface area contributed by atoms with Crippen LogP contribution in [0.25, 0.3) is 16.6 Å². The van der Waals surface area contributed by atoms with Gasteiger partial charge in [0.25, 0.3) is 5.56 Å². The molecule has 3 aromatic carbocycles. The number of fused-ring (bicyclic) bond motifs is 1. The number of halogens is 3. The fraction of sp³-hybridized carbons (Fsp3) is 0.323. The van der Waals surface area contributed by atoms with Crippen molar-refractivity contribution in [1.82, 2.24) is 14.5 Å². The van der Waals surface area contributed by atoms with Gasteiger partial charge < -0.3 is 14.5 Å². The van der Waals surface area contributed by atoms with Crippen LogP contribution < -0.4 is 15.2 Å². The van der Waals surface area contributed by atoms with Gasteiger partial charge in [-0.25, -0.2) is 4.98 Å². The Balaban J connectivity index is 1.20. The smallest absolute Gasteiger partial charge is 0.416 e. The predicted molar refractivity (Wildman–Crippen MR) is 159 cm³/mol. The number of carbonyl (C=O) groups excluding carboxylic acids is 1. The van der Waals surface area contributed by atoms with Gasteiger partial charge in [-0.3, -0.25) is 14.2 Å². The van der Waals surface area contributed by atoms with Crippen molar-refractivity contribution in [3.63, 3.8) is 0 Å². The van der Waals surface area contributed by atoms with Gasteiger partial charge >= 0.3 is 6.18 Å². The fourth-order valence-electron chi connectivity index (χ4n) is 5.05. The summed E-state index contributed by atoms with van der Waals surface area (Å²) in [5.41, 5.74) is 0.354. The number of nitrogens with zero attached hydrogens (tertiary/aromatic N) is 4. The average molecular weight is 597 g/mol. The van der Waals surface area contributed by atoms with Gasteiger partial charge in [0.1, 0.15) is 5.75 Å². The van der Waals surface area contributed by atoms with Gasteiger partial charge in [-0.05, 0) is 55.3 Å². The number of unbranched alkanes of at least 4 members (excludes halogenated alkanes) is 1. The van der Waals surface area contributed by atoms with E-state index in [4.69, 9.17) is 4.74 Å². The van der Waals surface area contributed by atoms with E-state index in [2.05, 4.69) is 9.88 Å². The molecular formula is C31H31F3N4O3S. The molecule has 42 heavy (non-hydrogen) atoms. The molecule has 4 aromatic rings. The van der Waals surface area contributed by atoms with Crippen molar-refractivity contribution in [2.75, 3.05) is 43.9 Å². The van der Waals surface area contributed by atoms with Crippen molar-refractivity contribution < 1.29 is 22.7 Å². The molecule has 1 aliphatic rings. The third-order valence-corrected chi connectivity index (χ3v) is 8.28. The minimum absolute atomic E-state index is 0.101. The summed E-state index contributed by atoms with van der Waals surface area (Å²) in [7, 11) is 1.65. The van der Waals surface area contributed by atoms with Crippen LogP contribution in [-0.4, -0.2) is 59.4 Å². The Morgan fingerprint density at radius 3 is 2.45 bits per heavy atom. The molecule has 0 unspecified atom stereocenters. The maximum Gasteiger partial charge on any atom is 0.416 e. The standard InChI is InChI=1S/C31H31F3N4O3S/c1-41-27-14-5-4-13-26(27)36-16-18-37(19-17-36)28(39)15-6-7-20-42-30-35-25-12-3-2-11-24(25)29(40)38(30)23-10-8-9-22(21-23)31(32,33)34/h2-5,8-14,21H,6-7,15-20H2,1H3. The number of hydrogen-bond donors (Lipinski definition) is 0. The largest absolute Gasteiger partial charge is 0.495 e. The molecule has 1 aromatic heterocycles. The molecule has 0 spiro atoms. The van der Waals surface area contributed by atoms with E-state index in [0.29, 0.717) is 54.2 Å². The molecule has 2 heterocycles. The van der Waals surface area contributed by atoms with E-state index >= 15 is 0 Å². The topological polar surface area (TPSA) is 67.7 Å². The van der Waals surface area contributed by atoms with Crippen LogP contribution in [0.2, 0.25) is 0 Å². The molecular weight excluding hydrogens is 565 g/mol. The van der Waals surface area contributed by atoms with Crippen molar-refractivity contribution in [3.8, 4) is 11.4 Å². The summed E-state index contributed by atoms with van der Waals surface area (Å²) in [6.07, 6.45) is -2.80. The highest BCUT2D eigenvalue weighted by atomic mass is 32.2. The molecule has 1 saturated heterocycles. The van der Waals surface area contributed by atoms with E-state index in [9.17, 15) is 22.8 Å². The Hall–Kier alpha value is -3.99. The summed E-state index contributed by atoms with van der Waals surface area (Å²) in [4.78, 5) is 35.0. The number of carbonyl (C=O) groups is 1. The van der Waals surface area contributed by atoms with Crippen LogP contribution in [0, 0.1) is 0 Å². The van der Waals surface area contributed by atoms with E-state index in [-0.39, 0.29) is 11.6 Å². The van der Waals surface area contributed by atoms with Gasteiger partial charge in [0.05, 0.1) is 35.0 Å². The Labute approximate surface area is 245 Å². The lowest BCUT2D eigenvalue weighted by atomic mass is 10.2. The number of hydrogen-bond acceptors (Lipinski definition) is 6. The highest BCUT2D eigenvalue weighted by molar-refractivity contribution is 7.99. The Morgan fingerprint density at radius 2 is 1.69 bits per heavy atom. The highest BCUT2D eigenvalue weighted by Crippen LogP contribution is 2.32. The summed E-state index contributed by atoms with van der Waals surface area (Å²) in [6, 6.07) is 19.3. The van der Waals surface area contributed by atoms with Gasteiger partial charge in [-0.2, -0.15) is 13.2 Å². The SMILES string of the molecule is COc1ccccc1N1CCN(C(=O)CCCCSc2nc3ccccc3c(=O)n2-c2cccc(C(F)(F)F)c2)CC1. The van der Waals surface area contributed by atoms with Crippen LogP contribution in [0.15, 0.2) is 82.7 Å². The predicted octanol–water partition coefficient (Wildman–Crippen LogP) is 6.02. The lowest BCUT2D eigenvalue weighted by Crippen LogP contribution is -2.48. The Kier molecular flexibility index (Phi) is 9.06. The number of piperazine rings is 1. The summed E-state index contributed by atoms with van der Waals surface area (Å²) in [5.74, 6) is 1.47. The molecule has 5 rings (SSSR count). The molecule has 0 N–H and O–H groups in total. The highest BCUT2D eigenvalue weighted by Gasteiger charge is 2.31.